The zero-order valence-corrected chi connectivity index (χ0v) is 29.6. The monoisotopic (exact) mass is 708 g/mol. The molecule has 5 nitrogen and oxygen atoms in total. The molecule has 0 saturated carbocycles. The van der Waals surface area contributed by atoms with Crippen molar-refractivity contribution < 1.29 is 4.42 Å². The van der Waals surface area contributed by atoms with E-state index < -0.39 is 0 Å². The maximum Gasteiger partial charge on any atom is 0.166 e. The molecule has 0 aliphatic heterocycles. The van der Waals surface area contributed by atoms with Crippen molar-refractivity contribution in [1.29, 1.82) is 0 Å². The SMILES string of the molecule is c1ccc(-c2nc(-c3ccc(-c4cc5ccccc5c5ccccc45)cc3)nc(-c3c4sc(-c5ccccc5)nc4cc4oc5ccccc5c34)n2)cc1. The van der Waals surface area contributed by atoms with Crippen LogP contribution in [0.15, 0.2) is 174 Å². The molecule has 0 aliphatic rings. The molecule has 252 valence electrons. The minimum atomic E-state index is 0.578. The Morgan fingerprint density at radius 1 is 0.407 bits per heavy atom. The van der Waals surface area contributed by atoms with E-state index in [9.17, 15) is 0 Å². The second-order valence-corrected chi connectivity index (χ2v) is 14.4. The molecule has 0 spiro atoms. The van der Waals surface area contributed by atoms with Gasteiger partial charge in [0.25, 0.3) is 0 Å². The summed E-state index contributed by atoms with van der Waals surface area (Å²) < 4.78 is 7.48. The molecule has 0 unspecified atom stereocenters. The molecule has 54 heavy (non-hydrogen) atoms. The number of rotatable bonds is 5. The summed E-state index contributed by atoms with van der Waals surface area (Å²) in [6.45, 7) is 0. The molecule has 0 atom stereocenters. The fourth-order valence-corrected chi connectivity index (χ4v) is 8.71. The number of benzene rings is 8. The van der Waals surface area contributed by atoms with Crippen LogP contribution in [0.5, 0.6) is 0 Å². The van der Waals surface area contributed by atoms with Crippen LogP contribution >= 0.6 is 11.3 Å². The molecular formula is C48H28N4OS. The maximum atomic E-state index is 6.47. The van der Waals surface area contributed by atoms with E-state index >= 15 is 0 Å². The van der Waals surface area contributed by atoms with Gasteiger partial charge in [-0.1, -0.05) is 152 Å². The smallest absolute Gasteiger partial charge is 0.166 e. The van der Waals surface area contributed by atoms with Crippen molar-refractivity contribution in [3.63, 3.8) is 0 Å². The van der Waals surface area contributed by atoms with Crippen molar-refractivity contribution in [3.05, 3.63) is 170 Å². The number of furan rings is 1. The molecule has 0 fully saturated rings. The van der Waals surface area contributed by atoms with Crippen LogP contribution in [0.25, 0.3) is 110 Å². The minimum Gasteiger partial charge on any atom is -0.456 e. The molecule has 0 bridgehead atoms. The number of thiazole rings is 1. The second kappa shape index (κ2) is 12.3. The number of aromatic nitrogens is 4. The predicted molar refractivity (Wildman–Crippen MR) is 222 cm³/mol. The van der Waals surface area contributed by atoms with Crippen LogP contribution in [0, 0.1) is 0 Å². The van der Waals surface area contributed by atoms with Crippen molar-refractivity contribution in [2.24, 2.45) is 0 Å². The van der Waals surface area contributed by atoms with E-state index in [0.717, 1.165) is 65.0 Å². The number of hydrogen-bond acceptors (Lipinski definition) is 6. The van der Waals surface area contributed by atoms with Crippen molar-refractivity contribution >= 4 is 65.0 Å². The molecule has 0 radical (unpaired) electrons. The Kier molecular flexibility index (Phi) is 6.97. The van der Waals surface area contributed by atoms with Crippen molar-refractivity contribution in [2.75, 3.05) is 0 Å². The van der Waals surface area contributed by atoms with Gasteiger partial charge in [-0.3, -0.25) is 0 Å². The molecule has 11 aromatic rings. The van der Waals surface area contributed by atoms with E-state index in [2.05, 4.69) is 97.1 Å². The van der Waals surface area contributed by atoms with Crippen LogP contribution in [0.4, 0.5) is 0 Å². The Balaban J connectivity index is 1.14. The lowest BCUT2D eigenvalue weighted by Gasteiger charge is -2.12. The van der Waals surface area contributed by atoms with Gasteiger partial charge >= 0.3 is 0 Å². The van der Waals surface area contributed by atoms with Gasteiger partial charge in [-0.05, 0) is 44.8 Å². The van der Waals surface area contributed by atoms with Crippen molar-refractivity contribution in [1.82, 2.24) is 19.9 Å². The normalized spacial score (nSPS) is 11.7. The van der Waals surface area contributed by atoms with E-state index in [-0.39, 0.29) is 0 Å². The number of hydrogen-bond donors (Lipinski definition) is 0. The molecule has 0 saturated heterocycles. The summed E-state index contributed by atoms with van der Waals surface area (Å²) in [7, 11) is 0. The highest BCUT2D eigenvalue weighted by Gasteiger charge is 2.23. The second-order valence-electron chi connectivity index (χ2n) is 13.4. The third-order valence-corrected chi connectivity index (χ3v) is 11.3. The highest BCUT2D eigenvalue weighted by atomic mass is 32.1. The lowest BCUT2D eigenvalue weighted by Crippen LogP contribution is -2.00. The van der Waals surface area contributed by atoms with Gasteiger partial charge in [-0.25, -0.2) is 19.9 Å². The van der Waals surface area contributed by atoms with E-state index in [4.69, 9.17) is 24.4 Å². The highest BCUT2D eigenvalue weighted by Crippen LogP contribution is 2.45. The Labute approximate surface area is 313 Å². The zero-order valence-electron chi connectivity index (χ0n) is 28.8. The van der Waals surface area contributed by atoms with E-state index in [1.165, 1.54) is 27.1 Å². The molecule has 11 rings (SSSR count). The number of para-hydroxylation sites is 1. The summed E-state index contributed by atoms with van der Waals surface area (Å²) in [6, 6.07) is 58.7. The molecule has 8 aromatic carbocycles. The Hall–Kier alpha value is -7.02. The first-order valence-electron chi connectivity index (χ1n) is 17.9. The first-order valence-corrected chi connectivity index (χ1v) is 18.7. The van der Waals surface area contributed by atoms with Crippen LogP contribution in [-0.4, -0.2) is 19.9 Å². The van der Waals surface area contributed by atoms with E-state index in [1.54, 1.807) is 11.3 Å². The van der Waals surface area contributed by atoms with Crippen LogP contribution in [0.1, 0.15) is 0 Å². The Morgan fingerprint density at radius 3 is 1.74 bits per heavy atom. The van der Waals surface area contributed by atoms with Gasteiger partial charge in [0.2, 0.25) is 0 Å². The average Bonchev–Trinajstić information content (AvgIpc) is 3.84. The summed E-state index contributed by atoms with van der Waals surface area (Å²) in [6.07, 6.45) is 0. The molecule has 0 aliphatic carbocycles. The first kappa shape index (κ1) is 30.6. The van der Waals surface area contributed by atoms with Crippen LogP contribution in [-0.2, 0) is 0 Å². The van der Waals surface area contributed by atoms with Crippen molar-refractivity contribution in [2.45, 2.75) is 0 Å². The molecule has 0 amide bonds. The fourth-order valence-electron chi connectivity index (χ4n) is 7.61. The Bertz CT molecular complexity index is 3210. The van der Waals surface area contributed by atoms with Gasteiger partial charge in [0.15, 0.2) is 17.5 Å². The van der Waals surface area contributed by atoms with Gasteiger partial charge < -0.3 is 4.42 Å². The van der Waals surface area contributed by atoms with Crippen molar-refractivity contribution in [3.8, 4) is 55.9 Å². The van der Waals surface area contributed by atoms with Crippen LogP contribution in [0.3, 0.4) is 0 Å². The van der Waals surface area contributed by atoms with Gasteiger partial charge in [0.1, 0.15) is 16.2 Å². The topological polar surface area (TPSA) is 64.7 Å². The zero-order chi connectivity index (χ0) is 35.6. The standard InChI is InChI=1S/C48H28N4OS/c1-3-13-30(14-4-1)45-50-46(31-25-23-29(24-26-31)38-27-33-17-7-8-18-34(33)35-19-9-10-20-36(35)38)52-47(51-45)43-42-37-21-11-12-22-40(37)53-41(42)28-39-44(43)54-48(49-39)32-15-5-2-6-16-32/h1-28H. The van der Waals surface area contributed by atoms with Gasteiger partial charge in [-0.2, -0.15) is 0 Å². The molecule has 0 N–H and O–H groups in total. The van der Waals surface area contributed by atoms with E-state index in [0.29, 0.717) is 17.5 Å². The maximum absolute atomic E-state index is 6.47. The third kappa shape index (κ3) is 4.99. The van der Waals surface area contributed by atoms with Crippen LogP contribution < -0.4 is 0 Å². The molecule has 3 aromatic heterocycles. The van der Waals surface area contributed by atoms with Crippen LogP contribution in [0.2, 0.25) is 0 Å². The summed E-state index contributed by atoms with van der Waals surface area (Å²) in [4.78, 5) is 20.7. The summed E-state index contributed by atoms with van der Waals surface area (Å²) >= 11 is 1.65. The molecular weight excluding hydrogens is 681 g/mol. The number of fused-ring (bicyclic) bond motifs is 7. The molecule has 3 heterocycles. The largest absolute Gasteiger partial charge is 0.456 e. The lowest BCUT2D eigenvalue weighted by atomic mass is 9.93. The summed E-state index contributed by atoms with van der Waals surface area (Å²) in [5, 5.41) is 7.85. The first-order chi connectivity index (χ1) is 26.7. The van der Waals surface area contributed by atoms with Gasteiger partial charge in [0.05, 0.1) is 15.8 Å². The summed E-state index contributed by atoms with van der Waals surface area (Å²) in [5.74, 6) is 1.78. The van der Waals surface area contributed by atoms with Gasteiger partial charge in [0, 0.05) is 33.5 Å². The highest BCUT2D eigenvalue weighted by molar-refractivity contribution is 7.22. The van der Waals surface area contributed by atoms with Gasteiger partial charge in [-0.15, -0.1) is 11.3 Å². The predicted octanol–water partition coefficient (Wildman–Crippen LogP) is 13.0. The lowest BCUT2D eigenvalue weighted by molar-refractivity contribution is 0.669. The quantitative estimate of drug-likeness (QED) is 0.167. The number of nitrogens with zero attached hydrogens (tertiary/aromatic N) is 4. The minimum absolute atomic E-state index is 0.578. The summed E-state index contributed by atoms with van der Waals surface area (Å²) in [5.41, 5.74) is 8.50. The Morgan fingerprint density at radius 2 is 0.981 bits per heavy atom. The third-order valence-electron chi connectivity index (χ3n) is 10.2. The fraction of sp³-hybridized carbons (Fsp3) is 0. The van der Waals surface area contributed by atoms with E-state index in [1.807, 2.05) is 72.8 Å². The average molecular weight is 709 g/mol. The molecule has 6 heteroatoms.